The third-order valence-electron chi connectivity index (χ3n) is 3.30. The molecule has 1 aliphatic heterocycles. The molecule has 0 aromatic heterocycles. The Morgan fingerprint density at radius 2 is 1.89 bits per heavy atom. The maximum absolute atomic E-state index is 12.0. The quantitative estimate of drug-likeness (QED) is 0.461. The third kappa shape index (κ3) is 1.57. The van der Waals surface area contributed by atoms with E-state index in [2.05, 4.69) is 0 Å². The Balaban J connectivity index is 1.98. The fraction of sp³-hybridized carbons (Fsp3) is 0.333. The lowest BCUT2D eigenvalue weighted by atomic mass is 10.1. The van der Waals surface area contributed by atoms with E-state index in [4.69, 9.17) is 0 Å². The molecule has 0 spiro atoms. The molecule has 92 valence electrons. The molecule has 0 N–H and O–H groups in total. The molecule has 0 unspecified atom stereocenters. The molecular weight excluding hydrogens is 236 g/mol. The van der Waals surface area contributed by atoms with Gasteiger partial charge in [0.2, 0.25) is 0 Å². The Hall–Kier alpha value is -2.24. The summed E-state index contributed by atoms with van der Waals surface area (Å²) in [5.41, 5.74) is 0.254. The lowest BCUT2D eigenvalue weighted by Gasteiger charge is -2.12. The van der Waals surface area contributed by atoms with Gasteiger partial charge in [-0.05, 0) is 24.8 Å². The van der Waals surface area contributed by atoms with Crippen LogP contribution in [0.15, 0.2) is 18.2 Å². The molecule has 0 atom stereocenters. The highest BCUT2D eigenvalue weighted by atomic mass is 16.6. The summed E-state index contributed by atoms with van der Waals surface area (Å²) in [5.74, 6) is -0.343. The standard InChI is InChI=1S/C12H10N2O4/c15-11-9-4-3-8(14(17)18)5-10(9)12(16)13(11)6-7-1-2-7/h3-5,7H,1-2,6H2. The minimum absolute atomic E-state index is 0.148. The molecule has 3 rings (SSSR count). The predicted molar refractivity (Wildman–Crippen MR) is 61.2 cm³/mol. The molecule has 2 amide bonds. The summed E-state index contributed by atoms with van der Waals surface area (Å²) in [6, 6.07) is 3.80. The van der Waals surface area contributed by atoms with Crippen LogP contribution in [0, 0.1) is 16.0 Å². The summed E-state index contributed by atoms with van der Waals surface area (Å²) in [6.07, 6.45) is 2.07. The van der Waals surface area contributed by atoms with Crippen molar-refractivity contribution in [3.8, 4) is 0 Å². The number of benzene rings is 1. The van der Waals surface area contributed by atoms with Crippen LogP contribution >= 0.6 is 0 Å². The van der Waals surface area contributed by atoms with Gasteiger partial charge >= 0.3 is 0 Å². The van der Waals surface area contributed by atoms with Crippen molar-refractivity contribution in [3.63, 3.8) is 0 Å². The highest BCUT2D eigenvalue weighted by molar-refractivity contribution is 6.21. The van der Waals surface area contributed by atoms with Crippen LogP contribution in [-0.2, 0) is 0 Å². The highest BCUT2D eigenvalue weighted by Gasteiger charge is 2.39. The van der Waals surface area contributed by atoms with E-state index in [0.717, 1.165) is 12.8 Å². The molecule has 1 aliphatic carbocycles. The first-order valence-electron chi connectivity index (χ1n) is 5.72. The van der Waals surface area contributed by atoms with Crippen LogP contribution in [0.1, 0.15) is 33.6 Å². The number of nitro groups is 1. The van der Waals surface area contributed by atoms with Crippen molar-refractivity contribution in [2.45, 2.75) is 12.8 Å². The molecule has 18 heavy (non-hydrogen) atoms. The van der Waals surface area contributed by atoms with E-state index in [1.54, 1.807) is 0 Å². The Labute approximate surface area is 102 Å². The van der Waals surface area contributed by atoms with Crippen molar-refractivity contribution >= 4 is 17.5 Å². The monoisotopic (exact) mass is 246 g/mol. The number of carbonyl (C=O) groups is 2. The van der Waals surface area contributed by atoms with Gasteiger partial charge in [-0.2, -0.15) is 0 Å². The van der Waals surface area contributed by atoms with Gasteiger partial charge in [-0.3, -0.25) is 24.6 Å². The van der Waals surface area contributed by atoms with Crippen LogP contribution in [0.25, 0.3) is 0 Å². The van der Waals surface area contributed by atoms with E-state index in [-0.39, 0.29) is 22.7 Å². The Kier molecular flexibility index (Phi) is 2.19. The fourth-order valence-corrected chi connectivity index (χ4v) is 2.12. The molecule has 1 aromatic carbocycles. The van der Waals surface area contributed by atoms with Gasteiger partial charge < -0.3 is 0 Å². The van der Waals surface area contributed by atoms with E-state index in [9.17, 15) is 19.7 Å². The molecule has 6 heteroatoms. The number of imide groups is 1. The first kappa shape index (κ1) is 10.9. The number of rotatable bonds is 3. The first-order chi connectivity index (χ1) is 8.58. The van der Waals surface area contributed by atoms with Gasteiger partial charge in [0.25, 0.3) is 17.5 Å². The van der Waals surface area contributed by atoms with Gasteiger partial charge in [0.15, 0.2) is 0 Å². The van der Waals surface area contributed by atoms with Gasteiger partial charge in [-0.1, -0.05) is 0 Å². The number of nitro benzene ring substituents is 1. The van der Waals surface area contributed by atoms with Gasteiger partial charge in [0.1, 0.15) is 0 Å². The molecule has 1 fully saturated rings. The number of amides is 2. The maximum atomic E-state index is 12.0. The van der Waals surface area contributed by atoms with Crippen LogP contribution < -0.4 is 0 Å². The molecule has 1 saturated carbocycles. The second-order valence-electron chi connectivity index (χ2n) is 4.65. The van der Waals surface area contributed by atoms with Crippen molar-refractivity contribution in [3.05, 3.63) is 39.4 Å². The number of nitrogens with zero attached hydrogens (tertiary/aromatic N) is 2. The zero-order valence-electron chi connectivity index (χ0n) is 9.46. The summed E-state index contributed by atoms with van der Waals surface area (Å²) in [6.45, 7) is 0.431. The van der Waals surface area contributed by atoms with Gasteiger partial charge in [0, 0.05) is 18.7 Å². The van der Waals surface area contributed by atoms with E-state index >= 15 is 0 Å². The van der Waals surface area contributed by atoms with Crippen LogP contribution in [0.5, 0.6) is 0 Å². The summed E-state index contributed by atoms with van der Waals surface area (Å²) in [5, 5.41) is 10.7. The van der Waals surface area contributed by atoms with Crippen molar-refractivity contribution in [1.29, 1.82) is 0 Å². The number of non-ortho nitro benzene ring substituents is 1. The minimum Gasteiger partial charge on any atom is -0.274 e. The minimum atomic E-state index is -0.568. The van der Waals surface area contributed by atoms with Crippen LogP contribution in [-0.4, -0.2) is 28.2 Å². The molecule has 0 bridgehead atoms. The summed E-state index contributed by atoms with van der Waals surface area (Å²) >= 11 is 0. The van der Waals surface area contributed by atoms with E-state index in [0.29, 0.717) is 12.5 Å². The highest BCUT2D eigenvalue weighted by Crippen LogP contribution is 2.33. The van der Waals surface area contributed by atoms with Gasteiger partial charge in [-0.15, -0.1) is 0 Å². The number of fused-ring (bicyclic) bond motifs is 1. The molecule has 1 heterocycles. The van der Waals surface area contributed by atoms with Gasteiger partial charge in [0.05, 0.1) is 16.1 Å². The lowest BCUT2D eigenvalue weighted by molar-refractivity contribution is -0.384. The lowest BCUT2D eigenvalue weighted by Crippen LogP contribution is -2.31. The average molecular weight is 246 g/mol. The number of hydrogen-bond donors (Lipinski definition) is 0. The molecule has 0 saturated heterocycles. The SMILES string of the molecule is O=C1c2ccc([N+](=O)[O-])cc2C(=O)N1CC1CC1. The Morgan fingerprint density at radius 3 is 2.50 bits per heavy atom. The summed E-state index contributed by atoms with van der Waals surface area (Å²) in [7, 11) is 0. The normalized spacial score (nSPS) is 18.1. The zero-order valence-corrected chi connectivity index (χ0v) is 9.46. The largest absolute Gasteiger partial charge is 0.274 e. The van der Waals surface area contributed by atoms with Crippen LogP contribution in [0.2, 0.25) is 0 Å². The zero-order chi connectivity index (χ0) is 12.9. The van der Waals surface area contributed by atoms with Crippen molar-refractivity contribution in [1.82, 2.24) is 4.90 Å². The first-order valence-corrected chi connectivity index (χ1v) is 5.72. The molecular formula is C12H10N2O4. The van der Waals surface area contributed by atoms with Crippen molar-refractivity contribution < 1.29 is 14.5 Å². The summed E-state index contributed by atoms with van der Waals surface area (Å²) in [4.78, 5) is 35.3. The van der Waals surface area contributed by atoms with E-state index < -0.39 is 10.8 Å². The van der Waals surface area contributed by atoms with Crippen LogP contribution in [0.4, 0.5) is 5.69 Å². The molecule has 0 radical (unpaired) electrons. The predicted octanol–water partition coefficient (Wildman–Crippen LogP) is 1.60. The maximum Gasteiger partial charge on any atom is 0.270 e. The smallest absolute Gasteiger partial charge is 0.270 e. The molecule has 6 nitrogen and oxygen atoms in total. The second-order valence-corrected chi connectivity index (χ2v) is 4.65. The Morgan fingerprint density at radius 1 is 1.22 bits per heavy atom. The third-order valence-corrected chi connectivity index (χ3v) is 3.30. The van der Waals surface area contributed by atoms with Crippen LogP contribution in [0.3, 0.4) is 0 Å². The summed E-state index contributed by atoms with van der Waals surface area (Å²) < 4.78 is 0. The van der Waals surface area contributed by atoms with Crippen molar-refractivity contribution in [2.24, 2.45) is 5.92 Å². The van der Waals surface area contributed by atoms with E-state index in [1.165, 1.54) is 23.1 Å². The average Bonchev–Trinajstić information content (AvgIpc) is 3.13. The number of carbonyl (C=O) groups excluding carboxylic acids is 2. The van der Waals surface area contributed by atoms with E-state index in [1.807, 2.05) is 0 Å². The second kappa shape index (κ2) is 3.63. The molecule has 2 aliphatic rings. The Bertz CT molecular complexity index is 577. The van der Waals surface area contributed by atoms with Crippen molar-refractivity contribution in [2.75, 3.05) is 6.54 Å². The fourth-order valence-electron chi connectivity index (χ4n) is 2.12. The topological polar surface area (TPSA) is 80.5 Å². The van der Waals surface area contributed by atoms with Gasteiger partial charge in [-0.25, -0.2) is 0 Å². The molecule has 1 aromatic rings. The number of hydrogen-bond acceptors (Lipinski definition) is 4.